The van der Waals surface area contributed by atoms with Crippen molar-refractivity contribution < 1.29 is 9.84 Å². The number of nitrogens with one attached hydrogen (secondary N) is 2. The van der Waals surface area contributed by atoms with Crippen LogP contribution in [0.25, 0.3) is 0 Å². The minimum Gasteiger partial charge on any atom is -0.388 e. The van der Waals surface area contributed by atoms with Gasteiger partial charge in [-0.25, -0.2) is 4.98 Å². The quantitative estimate of drug-likeness (QED) is 0.657. The van der Waals surface area contributed by atoms with Crippen LogP contribution in [0.1, 0.15) is 18.5 Å². The SMILES string of the molecule is OC1(CNCc2cnc[nH]2)CCOCC1. The van der Waals surface area contributed by atoms with Gasteiger partial charge in [0.25, 0.3) is 0 Å². The fraction of sp³-hybridized carbons (Fsp3) is 0.700. The maximum absolute atomic E-state index is 10.1. The van der Waals surface area contributed by atoms with Gasteiger partial charge in [-0.05, 0) is 0 Å². The van der Waals surface area contributed by atoms with Gasteiger partial charge in [-0.15, -0.1) is 0 Å². The first-order valence-corrected chi connectivity index (χ1v) is 5.27. The van der Waals surface area contributed by atoms with Crippen molar-refractivity contribution in [2.75, 3.05) is 19.8 Å². The molecule has 0 unspecified atom stereocenters. The zero-order chi connectivity index (χ0) is 10.6. The Kier molecular flexibility index (Phi) is 3.35. The number of imidazole rings is 1. The lowest BCUT2D eigenvalue weighted by Gasteiger charge is -2.32. The first kappa shape index (κ1) is 10.6. The topological polar surface area (TPSA) is 70.2 Å². The summed E-state index contributed by atoms with van der Waals surface area (Å²) in [7, 11) is 0. The Balaban J connectivity index is 1.72. The second-order valence-electron chi connectivity index (χ2n) is 4.02. The average molecular weight is 211 g/mol. The third-order valence-corrected chi connectivity index (χ3v) is 2.75. The lowest BCUT2D eigenvalue weighted by Crippen LogP contribution is -2.44. The van der Waals surface area contributed by atoms with Gasteiger partial charge in [-0.3, -0.25) is 0 Å². The minimum absolute atomic E-state index is 0.599. The van der Waals surface area contributed by atoms with E-state index in [4.69, 9.17) is 4.74 Å². The fourth-order valence-electron chi connectivity index (χ4n) is 1.74. The zero-order valence-electron chi connectivity index (χ0n) is 8.70. The number of aliphatic hydroxyl groups is 1. The molecule has 15 heavy (non-hydrogen) atoms. The van der Waals surface area contributed by atoms with E-state index in [-0.39, 0.29) is 0 Å². The molecule has 2 heterocycles. The van der Waals surface area contributed by atoms with Crippen molar-refractivity contribution in [3.05, 3.63) is 18.2 Å². The molecule has 0 spiro atoms. The summed E-state index contributed by atoms with van der Waals surface area (Å²) in [5.41, 5.74) is 0.434. The first-order valence-electron chi connectivity index (χ1n) is 5.27. The Morgan fingerprint density at radius 3 is 3.00 bits per heavy atom. The monoisotopic (exact) mass is 211 g/mol. The number of aromatic nitrogens is 2. The molecule has 0 amide bonds. The van der Waals surface area contributed by atoms with Gasteiger partial charge in [-0.1, -0.05) is 0 Å². The van der Waals surface area contributed by atoms with Gasteiger partial charge in [0, 0.05) is 51.0 Å². The van der Waals surface area contributed by atoms with Crippen LogP contribution in [0.4, 0.5) is 0 Å². The Morgan fingerprint density at radius 2 is 2.33 bits per heavy atom. The lowest BCUT2D eigenvalue weighted by molar-refractivity contribution is -0.0617. The van der Waals surface area contributed by atoms with Crippen LogP contribution in [0, 0.1) is 0 Å². The maximum Gasteiger partial charge on any atom is 0.0922 e. The standard InChI is InChI=1S/C10H17N3O2/c14-10(1-3-15-4-2-10)7-11-5-9-6-12-8-13-9/h6,8,11,14H,1-5,7H2,(H,12,13). The highest BCUT2D eigenvalue weighted by Gasteiger charge is 2.28. The summed E-state index contributed by atoms with van der Waals surface area (Å²) in [6, 6.07) is 0. The number of aromatic amines is 1. The Bertz CT molecular complexity index is 281. The minimum atomic E-state index is -0.599. The fourth-order valence-corrected chi connectivity index (χ4v) is 1.74. The van der Waals surface area contributed by atoms with Gasteiger partial charge < -0.3 is 20.1 Å². The smallest absolute Gasteiger partial charge is 0.0922 e. The molecule has 1 saturated heterocycles. The lowest BCUT2D eigenvalue weighted by atomic mass is 9.94. The Hall–Kier alpha value is -0.910. The number of hydrogen-bond acceptors (Lipinski definition) is 4. The summed E-state index contributed by atoms with van der Waals surface area (Å²) in [4.78, 5) is 6.93. The van der Waals surface area contributed by atoms with Gasteiger partial charge in [0.1, 0.15) is 0 Å². The number of H-pyrrole nitrogens is 1. The van der Waals surface area contributed by atoms with Crippen molar-refractivity contribution >= 4 is 0 Å². The molecule has 1 aliphatic heterocycles. The average Bonchev–Trinajstić information content (AvgIpc) is 2.71. The van der Waals surface area contributed by atoms with E-state index in [1.807, 2.05) is 0 Å². The van der Waals surface area contributed by atoms with Crippen LogP contribution < -0.4 is 5.32 Å². The van der Waals surface area contributed by atoms with E-state index in [0.717, 1.165) is 5.69 Å². The first-order chi connectivity index (χ1) is 7.29. The van der Waals surface area contributed by atoms with Crippen molar-refractivity contribution in [2.45, 2.75) is 25.0 Å². The molecule has 0 aromatic carbocycles. The van der Waals surface area contributed by atoms with Crippen LogP contribution in [0.5, 0.6) is 0 Å². The molecular formula is C10H17N3O2. The molecule has 1 aliphatic rings. The largest absolute Gasteiger partial charge is 0.388 e. The molecular weight excluding hydrogens is 194 g/mol. The van der Waals surface area contributed by atoms with Crippen molar-refractivity contribution in [2.24, 2.45) is 0 Å². The molecule has 1 aromatic heterocycles. The van der Waals surface area contributed by atoms with Crippen molar-refractivity contribution in [3.63, 3.8) is 0 Å². The van der Waals surface area contributed by atoms with E-state index in [9.17, 15) is 5.11 Å². The molecule has 2 rings (SSSR count). The second kappa shape index (κ2) is 4.74. The van der Waals surface area contributed by atoms with E-state index >= 15 is 0 Å². The van der Waals surface area contributed by atoms with Crippen LogP contribution in [0.3, 0.4) is 0 Å². The van der Waals surface area contributed by atoms with Gasteiger partial charge in [0.15, 0.2) is 0 Å². The van der Waals surface area contributed by atoms with E-state index < -0.39 is 5.60 Å². The number of hydrogen-bond donors (Lipinski definition) is 3. The highest BCUT2D eigenvalue weighted by atomic mass is 16.5. The Labute approximate surface area is 88.9 Å². The van der Waals surface area contributed by atoms with Crippen molar-refractivity contribution in [1.82, 2.24) is 15.3 Å². The highest BCUT2D eigenvalue weighted by molar-refractivity contribution is 4.94. The number of ether oxygens (including phenoxy) is 1. The molecule has 0 radical (unpaired) electrons. The van der Waals surface area contributed by atoms with Crippen LogP contribution >= 0.6 is 0 Å². The summed E-state index contributed by atoms with van der Waals surface area (Å²) in [6.07, 6.45) is 4.85. The van der Waals surface area contributed by atoms with Gasteiger partial charge >= 0.3 is 0 Å². The molecule has 0 atom stereocenters. The van der Waals surface area contributed by atoms with Gasteiger partial charge in [0.05, 0.1) is 11.9 Å². The predicted octanol–water partition coefficient (Wildman–Crippen LogP) is 0.0408. The summed E-state index contributed by atoms with van der Waals surface area (Å²) in [6.45, 7) is 2.63. The molecule has 0 saturated carbocycles. The van der Waals surface area contributed by atoms with Gasteiger partial charge in [0.2, 0.25) is 0 Å². The van der Waals surface area contributed by atoms with Crippen LogP contribution in [0.2, 0.25) is 0 Å². The molecule has 5 nitrogen and oxygen atoms in total. The van der Waals surface area contributed by atoms with Crippen LogP contribution in [-0.4, -0.2) is 40.4 Å². The van der Waals surface area contributed by atoms with Crippen LogP contribution in [-0.2, 0) is 11.3 Å². The van der Waals surface area contributed by atoms with E-state index in [1.54, 1.807) is 12.5 Å². The van der Waals surface area contributed by atoms with Gasteiger partial charge in [-0.2, -0.15) is 0 Å². The number of nitrogens with zero attached hydrogens (tertiary/aromatic N) is 1. The third-order valence-electron chi connectivity index (χ3n) is 2.75. The van der Waals surface area contributed by atoms with Crippen molar-refractivity contribution in [1.29, 1.82) is 0 Å². The highest BCUT2D eigenvalue weighted by Crippen LogP contribution is 2.19. The van der Waals surface area contributed by atoms with Crippen LogP contribution in [0.15, 0.2) is 12.5 Å². The normalized spacial score (nSPS) is 20.3. The molecule has 3 N–H and O–H groups in total. The van der Waals surface area contributed by atoms with E-state index in [2.05, 4.69) is 15.3 Å². The molecule has 1 fully saturated rings. The summed E-state index contributed by atoms with van der Waals surface area (Å²) in [5, 5.41) is 13.4. The summed E-state index contributed by atoms with van der Waals surface area (Å²) >= 11 is 0. The zero-order valence-corrected chi connectivity index (χ0v) is 8.70. The van der Waals surface area contributed by atoms with E-state index in [0.29, 0.717) is 39.1 Å². The molecule has 0 aliphatic carbocycles. The maximum atomic E-state index is 10.1. The van der Waals surface area contributed by atoms with E-state index in [1.165, 1.54) is 0 Å². The summed E-state index contributed by atoms with van der Waals surface area (Å²) < 4.78 is 5.21. The third kappa shape index (κ3) is 3.02. The predicted molar refractivity (Wildman–Crippen MR) is 55.3 cm³/mol. The Morgan fingerprint density at radius 1 is 1.53 bits per heavy atom. The molecule has 5 heteroatoms. The molecule has 84 valence electrons. The molecule has 0 bridgehead atoms. The summed E-state index contributed by atoms with van der Waals surface area (Å²) in [5.74, 6) is 0. The second-order valence-corrected chi connectivity index (χ2v) is 4.02. The molecule has 1 aromatic rings. The number of rotatable bonds is 4. The van der Waals surface area contributed by atoms with Crippen molar-refractivity contribution in [3.8, 4) is 0 Å².